The molecule has 0 fully saturated rings. The van der Waals surface area contributed by atoms with E-state index in [1.165, 1.54) is 6.92 Å². The van der Waals surface area contributed by atoms with Crippen LogP contribution >= 0.6 is 11.6 Å². The van der Waals surface area contributed by atoms with Crippen LogP contribution in [0.2, 0.25) is 5.28 Å². The zero-order valence-corrected chi connectivity index (χ0v) is 10.2. The third kappa shape index (κ3) is 3.01. The summed E-state index contributed by atoms with van der Waals surface area (Å²) in [5, 5.41) is -0.481. The Kier molecular flexibility index (Phi) is 3.44. The summed E-state index contributed by atoms with van der Waals surface area (Å²) >= 11 is 5.53. The minimum absolute atomic E-state index is 0.0454. The highest BCUT2D eigenvalue weighted by Crippen LogP contribution is 2.27. The number of aromatic nitrogens is 3. The average molecular weight is 296 g/mol. The number of pyridine rings is 1. The highest BCUT2D eigenvalue weighted by Gasteiger charge is 2.29. The van der Waals surface area contributed by atoms with Crippen LogP contribution in [0.3, 0.4) is 0 Å². The SMILES string of the molecule is Cc1ncc2c(OCC(F)(F)F)nc(Cl)nc2c1F. The van der Waals surface area contributed by atoms with Crippen molar-refractivity contribution in [3.63, 3.8) is 0 Å². The molecule has 0 saturated heterocycles. The van der Waals surface area contributed by atoms with Gasteiger partial charge >= 0.3 is 6.18 Å². The second kappa shape index (κ2) is 4.76. The summed E-state index contributed by atoms with van der Waals surface area (Å²) in [6.45, 7) is -0.175. The van der Waals surface area contributed by atoms with Crippen molar-refractivity contribution in [1.82, 2.24) is 15.0 Å². The van der Waals surface area contributed by atoms with E-state index in [2.05, 4.69) is 19.7 Å². The number of hydrogen-bond donors (Lipinski definition) is 0. The van der Waals surface area contributed by atoms with Crippen LogP contribution < -0.4 is 4.74 Å². The Morgan fingerprint density at radius 3 is 2.63 bits per heavy atom. The van der Waals surface area contributed by atoms with Gasteiger partial charge in [0.15, 0.2) is 12.4 Å². The van der Waals surface area contributed by atoms with Crippen LogP contribution in [0, 0.1) is 12.7 Å². The predicted molar refractivity (Wildman–Crippen MR) is 58.6 cm³/mol. The molecule has 9 heteroatoms. The minimum Gasteiger partial charge on any atom is -0.467 e. The fourth-order valence-electron chi connectivity index (χ4n) is 1.36. The molecule has 2 aromatic heterocycles. The molecule has 0 N–H and O–H groups in total. The van der Waals surface area contributed by atoms with Crippen LogP contribution in [0.1, 0.15) is 5.69 Å². The van der Waals surface area contributed by atoms with Gasteiger partial charge in [-0.15, -0.1) is 0 Å². The van der Waals surface area contributed by atoms with Crippen molar-refractivity contribution in [2.75, 3.05) is 6.61 Å². The average Bonchev–Trinajstić information content (AvgIpc) is 2.30. The summed E-state index contributed by atoms with van der Waals surface area (Å²) in [6.07, 6.45) is -3.41. The van der Waals surface area contributed by atoms with E-state index < -0.39 is 29.8 Å². The lowest BCUT2D eigenvalue weighted by Gasteiger charge is -2.10. The van der Waals surface area contributed by atoms with E-state index in [1.807, 2.05) is 0 Å². The molecule has 0 radical (unpaired) electrons. The normalized spacial score (nSPS) is 11.9. The second-order valence-corrected chi connectivity index (χ2v) is 3.96. The Balaban J connectivity index is 2.52. The Hall–Kier alpha value is -1.70. The van der Waals surface area contributed by atoms with Gasteiger partial charge < -0.3 is 4.74 Å². The topological polar surface area (TPSA) is 47.9 Å². The van der Waals surface area contributed by atoms with Crippen LogP contribution in [0.25, 0.3) is 10.9 Å². The lowest BCUT2D eigenvalue weighted by molar-refractivity contribution is -0.153. The number of aryl methyl sites for hydroxylation is 1. The highest BCUT2D eigenvalue weighted by atomic mass is 35.5. The number of ether oxygens (including phenoxy) is 1. The number of rotatable bonds is 2. The molecule has 0 bridgehead atoms. The number of alkyl halides is 3. The molecule has 2 rings (SSSR count). The summed E-state index contributed by atoms with van der Waals surface area (Å²) in [5.41, 5.74) is -0.186. The third-order valence-corrected chi connectivity index (χ3v) is 2.34. The fraction of sp³-hybridized carbons (Fsp3) is 0.300. The number of halogens is 5. The van der Waals surface area contributed by atoms with Gasteiger partial charge in [-0.2, -0.15) is 18.2 Å². The minimum atomic E-state index is -4.54. The highest BCUT2D eigenvalue weighted by molar-refractivity contribution is 6.28. The van der Waals surface area contributed by atoms with E-state index in [4.69, 9.17) is 11.6 Å². The molecule has 0 spiro atoms. The van der Waals surface area contributed by atoms with Gasteiger partial charge in [0.2, 0.25) is 11.2 Å². The summed E-state index contributed by atoms with van der Waals surface area (Å²) < 4.78 is 54.5. The van der Waals surface area contributed by atoms with E-state index in [9.17, 15) is 17.6 Å². The van der Waals surface area contributed by atoms with Crippen molar-refractivity contribution in [2.24, 2.45) is 0 Å². The molecule has 0 aliphatic carbocycles. The molecule has 0 aromatic carbocycles. The molecule has 0 aliphatic rings. The van der Waals surface area contributed by atoms with E-state index >= 15 is 0 Å². The molecule has 19 heavy (non-hydrogen) atoms. The van der Waals surface area contributed by atoms with E-state index in [0.29, 0.717) is 0 Å². The first-order chi connectivity index (χ1) is 8.78. The standard InChI is InChI=1S/C10H6ClF4N3O/c1-4-6(12)7-5(2-16-4)8(18-9(11)17-7)19-3-10(13,14)15/h2H,3H2,1H3. The second-order valence-electron chi connectivity index (χ2n) is 3.62. The molecule has 4 nitrogen and oxygen atoms in total. The molecule has 2 heterocycles. The van der Waals surface area contributed by atoms with Crippen LogP contribution in [0.15, 0.2) is 6.20 Å². The van der Waals surface area contributed by atoms with Gasteiger partial charge in [-0.25, -0.2) is 9.37 Å². The molecule has 0 atom stereocenters. The van der Waals surface area contributed by atoms with Crippen LogP contribution in [0.4, 0.5) is 17.6 Å². The van der Waals surface area contributed by atoms with Gasteiger partial charge in [0.05, 0.1) is 11.1 Å². The summed E-state index contributed by atoms with van der Waals surface area (Å²) in [4.78, 5) is 10.8. The quantitative estimate of drug-likeness (QED) is 0.631. The first-order valence-corrected chi connectivity index (χ1v) is 5.33. The predicted octanol–water partition coefficient (Wildman–Crippen LogP) is 3.07. The largest absolute Gasteiger partial charge is 0.467 e. The van der Waals surface area contributed by atoms with Crippen molar-refractivity contribution in [3.05, 3.63) is 23.0 Å². The Morgan fingerprint density at radius 1 is 1.32 bits per heavy atom. The van der Waals surface area contributed by atoms with Crippen molar-refractivity contribution in [3.8, 4) is 5.88 Å². The monoisotopic (exact) mass is 295 g/mol. The molecule has 2 aromatic rings. The lowest BCUT2D eigenvalue weighted by Crippen LogP contribution is -2.20. The number of fused-ring (bicyclic) bond motifs is 1. The van der Waals surface area contributed by atoms with Crippen molar-refractivity contribution in [2.45, 2.75) is 13.1 Å². The van der Waals surface area contributed by atoms with Gasteiger partial charge in [-0.3, -0.25) is 4.98 Å². The number of hydrogen-bond acceptors (Lipinski definition) is 4. The lowest BCUT2D eigenvalue weighted by atomic mass is 10.2. The van der Waals surface area contributed by atoms with Crippen LogP contribution in [0.5, 0.6) is 5.88 Å². The van der Waals surface area contributed by atoms with Crippen LogP contribution in [-0.4, -0.2) is 27.7 Å². The zero-order chi connectivity index (χ0) is 14.2. The van der Waals surface area contributed by atoms with Crippen LogP contribution in [-0.2, 0) is 0 Å². The molecule has 102 valence electrons. The van der Waals surface area contributed by atoms with Crippen molar-refractivity contribution < 1.29 is 22.3 Å². The first-order valence-electron chi connectivity index (χ1n) is 4.96. The Labute approximate surface area is 109 Å². The van der Waals surface area contributed by atoms with E-state index in [0.717, 1.165) is 6.20 Å². The summed E-state index contributed by atoms with van der Waals surface area (Å²) in [5.74, 6) is -1.24. The van der Waals surface area contributed by atoms with Crippen molar-refractivity contribution in [1.29, 1.82) is 0 Å². The van der Waals surface area contributed by atoms with Gasteiger partial charge in [-0.05, 0) is 18.5 Å². The maximum Gasteiger partial charge on any atom is 0.422 e. The molecule has 0 aliphatic heterocycles. The van der Waals surface area contributed by atoms with E-state index in [-0.39, 0.29) is 16.6 Å². The molecule has 0 amide bonds. The third-order valence-electron chi connectivity index (χ3n) is 2.17. The van der Waals surface area contributed by atoms with Gasteiger partial charge in [0.25, 0.3) is 0 Å². The molecule has 0 unspecified atom stereocenters. The van der Waals surface area contributed by atoms with E-state index in [1.54, 1.807) is 0 Å². The summed E-state index contributed by atoms with van der Waals surface area (Å²) in [7, 11) is 0. The van der Waals surface area contributed by atoms with Gasteiger partial charge in [-0.1, -0.05) is 0 Å². The molecular formula is C10H6ClF4N3O. The number of nitrogens with zero attached hydrogens (tertiary/aromatic N) is 3. The molecular weight excluding hydrogens is 290 g/mol. The van der Waals surface area contributed by atoms with Gasteiger partial charge in [0.1, 0.15) is 5.52 Å². The van der Waals surface area contributed by atoms with Gasteiger partial charge in [0, 0.05) is 6.20 Å². The summed E-state index contributed by atoms with van der Waals surface area (Å²) in [6, 6.07) is 0. The smallest absolute Gasteiger partial charge is 0.422 e. The zero-order valence-electron chi connectivity index (χ0n) is 9.42. The first kappa shape index (κ1) is 13.7. The molecule has 0 saturated carbocycles. The Morgan fingerprint density at radius 2 is 2.00 bits per heavy atom. The fourth-order valence-corrected chi connectivity index (χ4v) is 1.52. The Bertz CT molecular complexity index is 632. The maximum absolute atomic E-state index is 13.7. The maximum atomic E-state index is 13.7. The van der Waals surface area contributed by atoms with Crippen molar-refractivity contribution >= 4 is 22.5 Å².